The second-order valence-corrected chi connectivity index (χ2v) is 4.99. The Morgan fingerprint density at radius 2 is 2.33 bits per heavy atom. The van der Waals surface area contributed by atoms with E-state index in [-0.39, 0.29) is 23.5 Å². The molecule has 1 aromatic rings. The third-order valence-corrected chi connectivity index (χ3v) is 3.15. The third-order valence-electron chi connectivity index (χ3n) is 2.24. The van der Waals surface area contributed by atoms with Crippen LogP contribution in [0, 0.1) is 5.82 Å². The number of ether oxygens (including phenoxy) is 1. The number of hydrogen-bond donors (Lipinski definition) is 2. The number of hydrazine groups is 1. The minimum atomic E-state index is -0.554. The van der Waals surface area contributed by atoms with Gasteiger partial charge in [-0.05, 0) is 35.3 Å². The van der Waals surface area contributed by atoms with E-state index in [0.29, 0.717) is 16.6 Å². The van der Waals surface area contributed by atoms with Crippen LogP contribution in [-0.4, -0.2) is 12.0 Å². The van der Waals surface area contributed by atoms with Crippen LogP contribution in [0.4, 0.5) is 4.39 Å². The van der Waals surface area contributed by atoms with Crippen LogP contribution in [0.15, 0.2) is 16.6 Å². The summed E-state index contributed by atoms with van der Waals surface area (Å²) in [5, 5.41) is 0.0180. The molecule has 0 radical (unpaired) electrons. The Kier molecular flexibility index (Phi) is 5.84. The van der Waals surface area contributed by atoms with Gasteiger partial charge in [-0.15, -0.1) is 0 Å². The van der Waals surface area contributed by atoms with Gasteiger partial charge in [0.25, 0.3) is 0 Å². The molecule has 0 aliphatic carbocycles. The van der Waals surface area contributed by atoms with Crippen LogP contribution in [0.1, 0.15) is 19.8 Å². The molecule has 1 rings (SSSR count). The van der Waals surface area contributed by atoms with E-state index >= 15 is 0 Å². The van der Waals surface area contributed by atoms with Crippen LogP contribution in [0.3, 0.4) is 0 Å². The van der Waals surface area contributed by atoms with Crippen LogP contribution in [0.5, 0.6) is 5.75 Å². The lowest BCUT2D eigenvalue weighted by Crippen LogP contribution is -2.30. The zero-order valence-electron chi connectivity index (χ0n) is 9.67. The first-order chi connectivity index (χ1) is 8.43. The van der Waals surface area contributed by atoms with Crippen molar-refractivity contribution < 1.29 is 13.9 Å². The maximum atomic E-state index is 13.3. The summed E-state index contributed by atoms with van der Waals surface area (Å²) in [5.74, 6) is 4.48. The number of carbonyl (C=O) groups excluding carboxylic acids is 1. The van der Waals surface area contributed by atoms with Gasteiger partial charge in [0, 0.05) is 12.5 Å². The van der Waals surface area contributed by atoms with Crippen molar-refractivity contribution in [1.82, 2.24) is 5.43 Å². The molecule has 7 heteroatoms. The molecule has 0 spiro atoms. The van der Waals surface area contributed by atoms with E-state index in [0.717, 1.165) is 0 Å². The predicted molar refractivity (Wildman–Crippen MR) is 70.8 cm³/mol. The van der Waals surface area contributed by atoms with Crippen LogP contribution in [-0.2, 0) is 4.79 Å². The summed E-state index contributed by atoms with van der Waals surface area (Å²) < 4.78 is 19.3. The highest BCUT2D eigenvalue weighted by atomic mass is 79.9. The molecule has 1 atom stereocenters. The molecule has 0 fully saturated rings. The number of nitrogens with one attached hydrogen (secondary N) is 1. The summed E-state index contributed by atoms with van der Waals surface area (Å²) in [4.78, 5) is 11.0. The van der Waals surface area contributed by atoms with Crippen molar-refractivity contribution in [1.29, 1.82) is 0 Å². The third kappa shape index (κ3) is 4.44. The summed E-state index contributed by atoms with van der Waals surface area (Å²) in [7, 11) is 0. The van der Waals surface area contributed by atoms with E-state index < -0.39 is 5.82 Å². The van der Waals surface area contributed by atoms with E-state index in [1.165, 1.54) is 12.1 Å². The van der Waals surface area contributed by atoms with Gasteiger partial charge in [0.15, 0.2) is 0 Å². The zero-order valence-corrected chi connectivity index (χ0v) is 12.0. The quantitative estimate of drug-likeness (QED) is 0.375. The van der Waals surface area contributed by atoms with Crippen LogP contribution in [0.2, 0.25) is 5.02 Å². The molecule has 0 saturated heterocycles. The Morgan fingerprint density at radius 1 is 1.67 bits per heavy atom. The topological polar surface area (TPSA) is 64.4 Å². The minimum absolute atomic E-state index is 0.0180. The Morgan fingerprint density at radius 3 is 2.94 bits per heavy atom. The number of hydrogen-bond acceptors (Lipinski definition) is 3. The van der Waals surface area contributed by atoms with Crippen molar-refractivity contribution >= 4 is 33.4 Å². The fourth-order valence-corrected chi connectivity index (χ4v) is 2.01. The number of halogens is 3. The highest BCUT2D eigenvalue weighted by molar-refractivity contribution is 9.10. The second kappa shape index (κ2) is 6.92. The predicted octanol–water partition coefficient (Wildman–Crippen LogP) is 2.78. The molecule has 0 aliphatic heterocycles. The molecular formula is C11H13BrClFN2O2. The molecule has 0 heterocycles. The number of amides is 1. The second-order valence-electron chi connectivity index (χ2n) is 3.73. The number of rotatable bonds is 5. The van der Waals surface area contributed by atoms with Crippen molar-refractivity contribution in [3.05, 3.63) is 27.4 Å². The average Bonchev–Trinajstić information content (AvgIpc) is 2.33. The van der Waals surface area contributed by atoms with Gasteiger partial charge in [-0.2, -0.15) is 0 Å². The summed E-state index contributed by atoms with van der Waals surface area (Å²) in [5.41, 5.74) is 2.03. The molecule has 1 amide bonds. The largest absolute Gasteiger partial charge is 0.489 e. The van der Waals surface area contributed by atoms with Crippen LogP contribution < -0.4 is 16.0 Å². The van der Waals surface area contributed by atoms with Crippen LogP contribution in [0.25, 0.3) is 0 Å². The molecule has 0 saturated carbocycles. The lowest BCUT2D eigenvalue weighted by Gasteiger charge is -2.15. The molecule has 3 N–H and O–H groups in total. The summed E-state index contributed by atoms with van der Waals surface area (Å²) in [6.45, 7) is 1.78. The summed E-state index contributed by atoms with van der Waals surface area (Å²) in [6.07, 6.45) is 0.463. The number of nitrogens with two attached hydrogens (primary N) is 1. The lowest BCUT2D eigenvalue weighted by atomic mass is 10.2. The van der Waals surface area contributed by atoms with Crippen molar-refractivity contribution in [2.45, 2.75) is 25.9 Å². The van der Waals surface area contributed by atoms with Crippen molar-refractivity contribution in [2.24, 2.45) is 5.84 Å². The average molecular weight is 340 g/mol. The first-order valence-electron chi connectivity index (χ1n) is 5.24. The maximum absolute atomic E-state index is 13.3. The number of carbonyl (C=O) groups is 1. The van der Waals surface area contributed by atoms with Gasteiger partial charge in [0.1, 0.15) is 11.6 Å². The van der Waals surface area contributed by atoms with E-state index in [4.69, 9.17) is 22.2 Å². The van der Waals surface area contributed by atoms with Gasteiger partial charge < -0.3 is 4.74 Å². The first-order valence-corrected chi connectivity index (χ1v) is 6.41. The standard InChI is InChI=1S/C11H13BrClFN2O2/c1-6(2-3-11(17)16-15)18-10-5-9(14)8(13)4-7(10)12/h4-6H,2-3,15H2,1H3,(H,16,17). The minimum Gasteiger partial charge on any atom is -0.489 e. The Bertz CT molecular complexity index is 445. The zero-order chi connectivity index (χ0) is 13.7. The van der Waals surface area contributed by atoms with Crippen molar-refractivity contribution in [3.63, 3.8) is 0 Å². The monoisotopic (exact) mass is 338 g/mol. The fraction of sp³-hybridized carbons (Fsp3) is 0.364. The molecule has 1 unspecified atom stereocenters. The Labute approximate surface area is 118 Å². The van der Waals surface area contributed by atoms with Gasteiger partial charge >= 0.3 is 0 Å². The molecule has 0 aliphatic rings. The van der Waals surface area contributed by atoms with E-state index in [2.05, 4.69) is 15.9 Å². The summed E-state index contributed by atoms with van der Waals surface area (Å²) >= 11 is 8.84. The number of benzene rings is 1. The Hall–Kier alpha value is -0.850. The van der Waals surface area contributed by atoms with Crippen LogP contribution >= 0.6 is 27.5 Å². The molecule has 0 aromatic heterocycles. The maximum Gasteiger partial charge on any atom is 0.234 e. The SMILES string of the molecule is CC(CCC(=O)NN)Oc1cc(F)c(Cl)cc1Br. The van der Waals surface area contributed by atoms with Gasteiger partial charge in [-0.25, -0.2) is 10.2 Å². The Balaban J connectivity index is 2.61. The van der Waals surface area contributed by atoms with E-state index in [9.17, 15) is 9.18 Å². The van der Waals surface area contributed by atoms with Gasteiger partial charge in [0.05, 0.1) is 15.6 Å². The van der Waals surface area contributed by atoms with Gasteiger partial charge in [-0.1, -0.05) is 11.6 Å². The van der Waals surface area contributed by atoms with Gasteiger partial charge in [-0.3, -0.25) is 10.2 Å². The van der Waals surface area contributed by atoms with Crippen molar-refractivity contribution in [2.75, 3.05) is 0 Å². The molecule has 1 aromatic carbocycles. The summed E-state index contributed by atoms with van der Waals surface area (Å²) in [6, 6.07) is 2.62. The molecule has 18 heavy (non-hydrogen) atoms. The van der Waals surface area contributed by atoms with E-state index in [1.807, 2.05) is 5.43 Å². The van der Waals surface area contributed by atoms with Crippen molar-refractivity contribution in [3.8, 4) is 5.75 Å². The molecule has 100 valence electrons. The molecular weight excluding hydrogens is 326 g/mol. The van der Waals surface area contributed by atoms with Gasteiger partial charge in [0.2, 0.25) is 5.91 Å². The van der Waals surface area contributed by atoms with E-state index in [1.54, 1.807) is 6.92 Å². The molecule has 0 bridgehead atoms. The first kappa shape index (κ1) is 15.2. The lowest BCUT2D eigenvalue weighted by molar-refractivity contribution is -0.121. The normalized spacial score (nSPS) is 12.1. The fourth-order valence-electron chi connectivity index (χ4n) is 1.28. The smallest absolute Gasteiger partial charge is 0.234 e. The molecule has 4 nitrogen and oxygen atoms in total. The highest BCUT2D eigenvalue weighted by Gasteiger charge is 2.12. The highest BCUT2D eigenvalue weighted by Crippen LogP contribution is 2.31.